The van der Waals surface area contributed by atoms with Crippen LogP contribution in [0.5, 0.6) is 5.88 Å². The number of halogens is 1. The molecule has 1 fully saturated rings. The van der Waals surface area contributed by atoms with Crippen molar-refractivity contribution in [3.63, 3.8) is 0 Å². The molecule has 1 saturated heterocycles. The van der Waals surface area contributed by atoms with Gasteiger partial charge in [-0.05, 0) is 31.7 Å². The molecule has 0 aromatic carbocycles. The highest BCUT2D eigenvalue weighted by atomic mass is 79.9. The normalized spacial score (nSPS) is 20.4. The van der Waals surface area contributed by atoms with Crippen LogP contribution in [0.3, 0.4) is 0 Å². The second-order valence-electron chi connectivity index (χ2n) is 4.38. The quantitative estimate of drug-likeness (QED) is 0.799. The van der Waals surface area contributed by atoms with Crippen LogP contribution in [0.25, 0.3) is 0 Å². The molecule has 2 rings (SSSR count). The van der Waals surface area contributed by atoms with Crippen molar-refractivity contribution in [2.24, 2.45) is 5.92 Å². The minimum atomic E-state index is 0.667. The molecule has 94 valence electrons. The summed E-state index contributed by atoms with van der Waals surface area (Å²) in [6.07, 6.45) is 2.56. The summed E-state index contributed by atoms with van der Waals surface area (Å²) in [5.74, 6) is 2.51. The van der Waals surface area contributed by atoms with Gasteiger partial charge in [0.05, 0.1) is 6.61 Å². The second kappa shape index (κ2) is 6.24. The van der Waals surface area contributed by atoms with Gasteiger partial charge in [-0.3, -0.25) is 0 Å². The topological polar surface area (TPSA) is 25.4 Å². The number of hydrogen-bond donors (Lipinski definition) is 0. The van der Waals surface area contributed by atoms with Gasteiger partial charge < -0.3 is 9.64 Å². The first kappa shape index (κ1) is 12.7. The Labute approximate surface area is 111 Å². The Hall–Kier alpha value is -0.770. The van der Waals surface area contributed by atoms with Crippen LogP contribution in [-0.4, -0.2) is 30.0 Å². The fraction of sp³-hybridized carbons (Fsp3) is 0.615. The molecule has 4 heteroatoms. The zero-order valence-corrected chi connectivity index (χ0v) is 11.8. The number of nitrogens with zero attached hydrogens (tertiary/aromatic N) is 2. The van der Waals surface area contributed by atoms with Crippen LogP contribution in [-0.2, 0) is 0 Å². The van der Waals surface area contributed by atoms with E-state index in [1.54, 1.807) is 0 Å². The van der Waals surface area contributed by atoms with E-state index in [4.69, 9.17) is 4.74 Å². The Morgan fingerprint density at radius 3 is 3.18 bits per heavy atom. The molecule has 1 aromatic rings. The van der Waals surface area contributed by atoms with Crippen molar-refractivity contribution in [2.75, 3.05) is 29.9 Å². The van der Waals surface area contributed by atoms with E-state index >= 15 is 0 Å². The van der Waals surface area contributed by atoms with Crippen LogP contribution in [0.2, 0.25) is 0 Å². The maximum absolute atomic E-state index is 5.44. The third-order valence-electron chi connectivity index (χ3n) is 3.06. The predicted octanol–water partition coefficient (Wildman–Crippen LogP) is 3.09. The number of pyridine rings is 1. The molecule has 2 heterocycles. The smallest absolute Gasteiger partial charge is 0.215 e. The monoisotopic (exact) mass is 298 g/mol. The van der Waals surface area contributed by atoms with Crippen molar-refractivity contribution in [3.8, 4) is 5.88 Å². The molecule has 0 aliphatic carbocycles. The number of rotatable bonds is 4. The molecule has 1 aliphatic heterocycles. The lowest BCUT2D eigenvalue weighted by Gasteiger charge is -2.32. The van der Waals surface area contributed by atoms with Gasteiger partial charge in [0.2, 0.25) is 5.88 Å². The average Bonchev–Trinajstić information content (AvgIpc) is 2.40. The Bertz CT molecular complexity index is 359. The lowest BCUT2D eigenvalue weighted by atomic mass is 10.0. The Kier molecular flexibility index (Phi) is 4.66. The van der Waals surface area contributed by atoms with Crippen molar-refractivity contribution < 1.29 is 4.74 Å². The van der Waals surface area contributed by atoms with E-state index in [1.165, 1.54) is 12.8 Å². The van der Waals surface area contributed by atoms with Crippen molar-refractivity contribution >= 4 is 21.7 Å². The molecule has 17 heavy (non-hydrogen) atoms. The summed E-state index contributed by atoms with van der Waals surface area (Å²) in [5.41, 5.74) is 0. The van der Waals surface area contributed by atoms with Crippen LogP contribution < -0.4 is 9.64 Å². The van der Waals surface area contributed by atoms with Gasteiger partial charge in [-0.2, -0.15) is 4.98 Å². The summed E-state index contributed by atoms with van der Waals surface area (Å²) < 4.78 is 5.44. The Morgan fingerprint density at radius 2 is 2.41 bits per heavy atom. The summed E-state index contributed by atoms with van der Waals surface area (Å²) in [4.78, 5) is 6.90. The largest absolute Gasteiger partial charge is 0.478 e. The van der Waals surface area contributed by atoms with Crippen LogP contribution in [0.15, 0.2) is 18.2 Å². The highest BCUT2D eigenvalue weighted by Crippen LogP contribution is 2.24. The zero-order valence-electron chi connectivity index (χ0n) is 10.2. The van der Waals surface area contributed by atoms with Crippen LogP contribution in [0.4, 0.5) is 5.82 Å². The van der Waals surface area contributed by atoms with Gasteiger partial charge >= 0.3 is 0 Å². The number of hydrogen-bond acceptors (Lipinski definition) is 3. The first-order valence-corrected chi connectivity index (χ1v) is 7.36. The standard InChI is InChI=1S/C13H19BrN2O/c1-2-17-13-7-3-6-12(15-13)16-8-4-5-11(9-14)10-16/h3,6-7,11H,2,4-5,8-10H2,1H3. The van der Waals surface area contributed by atoms with Gasteiger partial charge in [0.25, 0.3) is 0 Å². The molecule has 0 N–H and O–H groups in total. The minimum absolute atomic E-state index is 0.667. The van der Waals surface area contributed by atoms with E-state index in [9.17, 15) is 0 Å². The van der Waals surface area contributed by atoms with Gasteiger partial charge in [0.15, 0.2) is 0 Å². The van der Waals surface area contributed by atoms with Crippen LogP contribution in [0.1, 0.15) is 19.8 Å². The fourth-order valence-corrected chi connectivity index (χ4v) is 2.74. The molecule has 0 spiro atoms. The first-order chi connectivity index (χ1) is 8.33. The third kappa shape index (κ3) is 3.35. The van der Waals surface area contributed by atoms with Gasteiger partial charge in [0.1, 0.15) is 5.82 Å². The van der Waals surface area contributed by atoms with Crippen molar-refractivity contribution in [1.82, 2.24) is 4.98 Å². The van der Waals surface area contributed by atoms with Gasteiger partial charge in [-0.1, -0.05) is 22.0 Å². The summed E-state index contributed by atoms with van der Waals surface area (Å²) >= 11 is 3.58. The number of anilines is 1. The van der Waals surface area contributed by atoms with Crippen LogP contribution >= 0.6 is 15.9 Å². The van der Waals surface area contributed by atoms with Gasteiger partial charge in [-0.15, -0.1) is 0 Å². The number of aromatic nitrogens is 1. The summed E-state index contributed by atoms with van der Waals surface area (Å²) in [7, 11) is 0. The average molecular weight is 299 g/mol. The highest BCUT2D eigenvalue weighted by Gasteiger charge is 2.20. The molecule has 1 aliphatic rings. The molecule has 3 nitrogen and oxygen atoms in total. The zero-order chi connectivity index (χ0) is 12.1. The predicted molar refractivity (Wildman–Crippen MR) is 74.1 cm³/mol. The summed E-state index contributed by atoms with van der Waals surface area (Å²) in [5, 5.41) is 1.08. The Balaban J connectivity index is 2.07. The van der Waals surface area contributed by atoms with E-state index in [-0.39, 0.29) is 0 Å². The third-order valence-corrected chi connectivity index (χ3v) is 3.98. The maximum atomic E-state index is 5.44. The van der Waals surface area contributed by atoms with E-state index in [1.807, 2.05) is 19.1 Å². The molecule has 1 unspecified atom stereocenters. The molecule has 0 bridgehead atoms. The van der Waals surface area contributed by atoms with Crippen molar-refractivity contribution in [1.29, 1.82) is 0 Å². The summed E-state index contributed by atoms with van der Waals surface area (Å²) in [6.45, 7) is 4.84. The molecular weight excluding hydrogens is 280 g/mol. The van der Waals surface area contributed by atoms with E-state index in [0.29, 0.717) is 6.61 Å². The van der Waals surface area contributed by atoms with Crippen molar-refractivity contribution in [2.45, 2.75) is 19.8 Å². The number of ether oxygens (including phenoxy) is 1. The first-order valence-electron chi connectivity index (χ1n) is 6.24. The molecular formula is C13H19BrN2O. The lowest BCUT2D eigenvalue weighted by molar-refractivity contribution is 0.326. The molecule has 0 radical (unpaired) electrons. The minimum Gasteiger partial charge on any atom is -0.478 e. The fourth-order valence-electron chi connectivity index (χ4n) is 2.21. The highest BCUT2D eigenvalue weighted by molar-refractivity contribution is 9.09. The summed E-state index contributed by atoms with van der Waals surface area (Å²) in [6, 6.07) is 6.00. The molecule has 1 atom stereocenters. The molecule has 0 saturated carbocycles. The Morgan fingerprint density at radius 1 is 1.53 bits per heavy atom. The van der Waals surface area contributed by atoms with Crippen LogP contribution in [0, 0.1) is 5.92 Å². The van der Waals surface area contributed by atoms with E-state index in [0.717, 1.165) is 36.0 Å². The maximum Gasteiger partial charge on any atom is 0.215 e. The van der Waals surface area contributed by atoms with Gasteiger partial charge in [-0.25, -0.2) is 0 Å². The van der Waals surface area contributed by atoms with E-state index in [2.05, 4.69) is 31.9 Å². The molecule has 0 amide bonds. The lowest BCUT2D eigenvalue weighted by Crippen LogP contribution is -2.36. The second-order valence-corrected chi connectivity index (χ2v) is 5.02. The van der Waals surface area contributed by atoms with Gasteiger partial charge in [0, 0.05) is 24.5 Å². The SMILES string of the molecule is CCOc1cccc(N2CCCC(CBr)C2)n1. The number of piperidine rings is 1. The van der Waals surface area contributed by atoms with Crippen molar-refractivity contribution in [3.05, 3.63) is 18.2 Å². The van der Waals surface area contributed by atoms with E-state index < -0.39 is 0 Å². The molecule has 1 aromatic heterocycles. The number of alkyl halides is 1.